The van der Waals surface area contributed by atoms with Gasteiger partial charge >= 0.3 is 0 Å². The van der Waals surface area contributed by atoms with Crippen LogP contribution in [0.4, 0.5) is 10.1 Å². The van der Waals surface area contributed by atoms with Crippen molar-refractivity contribution in [3.8, 4) is 0 Å². The van der Waals surface area contributed by atoms with Gasteiger partial charge in [-0.3, -0.25) is 4.79 Å². The Bertz CT molecular complexity index is 666. The van der Waals surface area contributed by atoms with Crippen molar-refractivity contribution in [3.63, 3.8) is 0 Å². The molecule has 2 rings (SSSR count). The molecular weight excluding hydrogens is 331 g/mol. The van der Waals surface area contributed by atoms with E-state index in [9.17, 15) is 17.6 Å². The van der Waals surface area contributed by atoms with Crippen LogP contribution >= 0.6 is 11.6 Å². The average molecular weight is 349 g/mol. The van der Waals surface area contributed by atoms with Crippen LogP contribution in [0.25, 0.3) is 0 Å². The third kappa shape index (κ3) is 4.10. The fourth-order valence-corrected chi connectivity index (χ4v) is 4.47. The van der Waals surface area contributed by atoms with E-state index in [0.29, 0.717) is 18.0 Å². The molecule has 22 heavy (non-hydrogen) atoms. The minimum atomic E-state index is -3.06. The molecule has 1 aliphatic rings. The lowest BCUT2D eigenvalue weighted by Crippen LogP contribution is -2.43. The van der Waals surface area contributed by atoms with E-state index in [0.717, 1.165) is 0 Å². The van der Waals surface area contributed by atoms with Crippen LogP contribution in [0.1, 0.15) is 13.3 Å². The molecule has 1 aromatic rings. The summed E-state index contributed by atoms with van der Waals surface area (Å²) < 4.78 is 36.6. The highest BCUT2D eigenvalue weighted by Crippen LogP contribution is 2.20. The molecule has 1 N–H and O–H groups in total. The van der Waals surface area contributed by atoms with Gasteiger partial charge in [-0.1, -0.05) is 11.6 Å². The van der Waals surface area contributed by atoms with E-state index in [1.807, 2.05) is 0 Å². The maximum Gasteiger partial charge on any atom is 0.242 e. The predicted octanol–water partition coefficient (Wildman–Crippen LogP) is 1.93. The highest BCUT2D eigenvalue weighted by molar-refractivity contribution is 7.91. The summed E-state index contributed by atoms with van der Waals surface area (Å²) in [5.41, 5.74) is 0.149. The molecule has 1 heterocycles. The molecule has 1 aliphatic heterocycles. The molecule has 0 bridgehead atoms. The van der Waals surface area contributed by atoms with Gasteiger partial charge in [0.25, 0.3) is 0 Å². The normalized spacial score (nSPS) is 19.9. The standard InChI is InChI=1S/C14H18ClFN2O3S/c1-2-18(11-5-6-22(20,21)9-11)14(19)8-17-13-7-10(15)3-4-12(13)16/h3-4,7,11,17H,2,5-6,8-9H2,1H3. The first-order valence-electron chi connectivity index (χ1n) is 7.01. The second-order valence-electron chi connectivity index (χ2n) is 5.21. The van der Waals surface area contributed by atoms with Crippen molar-refractivity contribution in [1.82, 2.24) is 4.90 Å². The second kappa shape index (κ2) is 6.83. The predicted molar refractivity (Wildman–Crippen MR) is 84.3 cm³/mol. The zero-order valence-corrected chi connectivity index (χ0v) is 13.8. The molecule has 122 valence electrons. The summed E-state index contributed by atoms with van der Waals surface area (Å²) in [5.74, 6) is -0.650. The number of anilines is 1. The van der Waals surface area contributed by atoms with Gasteiger partial charge in [0.15, 0.2) is 9.84 Å². The highest BCUT2D eigenvalue weighted by Gasteiger charge is 2.33. The van der Waals surface area contributed by atoms with Gasteiger partial charge in [-0.25, -0.2) is 12.8 Å². The number of sulfone groups is 1. The summed E-state index contributed by atoms with van der Waals surface area (Å²) in [5, 5.41) is 3.08. The number of hydrogen-bond donors (Lipinski definition) is 1. The van der Waals surface area contributed by atoms with Crippen LogP contribution in [-0.4, -0.2) is 49.9 Å². The molecule has 0 radical (unpaired) electrons. The lowest BCUT2D eigenvalue weighted by Gasteiger charge is -2.27. The monoisotopic (exact) mass is 348 g/mol. The Morgan fingerprint density at radius 3 is 2.82 bits per heavy atom. The zero-order valence-electron chi connectivity index (χ0n) is 12.2. The molecule has 5 nitrogen and oxygen atoms in total. The molecule has 1 atom stereocenters. The first-order chi connectivity index (χ1) is 10.3. The summed E-state index contributed by atoms with van der Waals surface area (Å²) in [7, 11) is -3.06. The Labute approximate surface area is 134 Å². The highest BCUT2D eigenvalue weighted by atomic mass is 35.5. The van der Waals surface area contributed by atoms with Gasteiger partial charge in [-0.15, -0.1) is 0 Å². The summed E-state index contributed by atoms with van der Waals surface area (Å²) in [4.78, 5) is 13.8. The Hall–Kier alpha value is -1.34. The van der Waals surface area contributed by atoms with E-state index >= 15 is 0 Å². The van der Waals surface area contributed by atoms with Crippen LogP contribution in [0, 0.1) is 5.82 Å². The summed E-state index contributed by atoms with van der Waals surface area (Å²) in [6.45, 7) is 2.10. The molecule has 1 aromatic carbocycles. The quantitative estimate of drug-likeness (QED) is 0.883. The molecule has 0 aliphatic carbocycles. The van der Waals surface area contributed by atoms with Crippen molar-refractivity contribution >= 4 is 33.0 Å². The molecule has 1 saturated heterocycles. The molecular formula is C14H18ClFN2O3S. The Morgan fingerprint density at radius 2 is 2.23 bits per heavy atom. The van der Waals surface area contributed by atoms with Crippen LogP contribution in [0.15, 0.2) is 18.2 Å². The third-order valence-electron chi connectivity index (χ3n) is 3.67. The van der Waals surface area contributed by atoms with E-state index in [-0.39, 0.29) is 35.7 Å². The largest absolute Gasteiger partial charge is 0.374 e. The van der Waals surface area contributed by atoms with Crippen molar-refractivity contribution < 1.29 is 17.6 Å². The molecule has 0 saturated carbocycles. The number of carbonyl (C=O) groups is 1. The van der Waals surface area contributed by atoms with E-state index in [2.05, 4.69) is 5.32 Å². The molecule has 8 heteroatoms. The number of rotatable bonds is 5. The van der Waals surface area contributed by atoms with Crippen molar-refractivity contribution in [2.75, 3.05) is 29.9 Å². The van der Waals surface area contributed by atoms with Gasteiger partial charge in [0.05, 0.1) is 23.7 Å². The van der Waals surface area contributed by atoms with Gasteiger partial charge < -0.3 is 10.2 Å². The van der Waals surface area contributed by atoms with E-state index < -0.39 is 15.7 Å². The van der Waals surface area contributed by atoms with Crippen LogP contribution in [0.2, 0.25) is 5.02 Å². The van der Waals surface area contributed by atoms with Gasteiger partial charge in [-0.05, 0) is 31.5 Å². The fourth-order valence-electron chi connectivity index (χ4n) is 2.56. The molecule has 0 aromatic heterocycles. The molecule has 0 spiro atoms. The van der Waals surface area contributed by atoms with Gasteiger partial charge in [0.1, 0.15) is 5.82 Å². The van der Waals surface area contributed by atoms with Gasteiger partial charge in [0, 0.05) is 17.6 Å². The SMILES string of the molecule is CCN(C(=O)CNc1cc(Cl)ccc1F)C1CCS(=O)(=O)C1. The lowest BCUT2D eigenvalue weighted by molar-refractivity contribution is -0.130. The Balaban J connectivity index is 1.99. The summed E-state index contributed by atoms with van der Waals surface area (Å²) in [6, 6.07) is 3.75. The van der Waals surface area contributed by atoms with Crippen LogP contribution < -0.4 is 5.32 Å². The van der Waals surface area contributed by atoms with Gasteiger partial charge in [0.2, 0.25) is 5.91 Å². The fraction of sp³-hybridized carbons (Fsp3) is 0.500. The third-order valence-corrected chi connectivity index (χ3v) is 5.65. The first-order valence-corrected chi connectivity index (χ1v) is 9.21. The maximum absolute atomic E-state index is 13.6. The number of hydrogen-bond acceptors (Lipinski definition) is 4. The van der Waals surface area contributed by atoms with Crippen molar-refractivity contribution in [3.05, 3.63) is 29.0 Å². The number of carbonyl (C=O) groups excluding carboxylic acids is 1. The van der Waals surface area contributed by atoms with Crippen LogP contribution in [-0.2, 0) is 14.6 Å². The lowest BCUT2D eigenvalue weighted by atomic mass is 10.2. The number of halogens is 2. The number of nitrogens with one attached hydrogen (secondary N) is 1. The van der Waals surface area contributed by atoms with E-state index in [1.54, 1.807) is 6.92 Å². The van der Waals surface area contributed by atoms with Gasteiger partial charge in [-0.2, -0.15) is 0 Å². The van der Waals surface area contributed by atoms with Crippen molar-refractivity contribution in [2.24, 2.45) is 0 Å². The van der Waals surface area contributed by atoms with Crippen LogP contribution in [0.5, 0.6) is 0 Å². The van der Waals surface area contributed by atoms with Crippen molar-refractivity contribution in [2.45, 2.75) is 19.4 Å². The topological polar surface area (TPSA) is 66.5 Å². The minimum absolute atomic E-state index is 0.00188. The average Bonchev–Trinajstić information content (AvgIpc) is 2.80. The molecule has 1 fully saturated rings. The maximum atomic E-state index is 13.6. The first kappa shape index (κ1) is 17.0. The van der Waals surface area contributed by atoms with Crippen LogP contribution in [0.3, 0.4) is 0 Å². The summed E-state index contributed by atoms with van der Waals surface area (Å²) >= 11 is 5.79. The Kier molecular flexibility index (Phi) is 5.28. The smallest absolute Gasteiger partial charge is 0.242 e. The van der Waals surface area contributed by atoms with E-state index in [1.165, 1.54) is 23.1 Å². The zero-order chi connectivity index (χ0) is 16.3. The van der Waals surface area contributed by atoms with E-state index in [4.69, 9.17) is 11.6 Å². The van der Waals surface area contributed by atoms with Crippen molar-refractivity contribution in [1.29, 1.82) is 0 Å². The molecule has 1 unspecified atom stereocenters. The minimum Gasteiger partial charge on any atom is -0.374 e. The number of benzene rings is 1. The number of nitrogens with zero attached hydrogens (tertiary/aromatic N) is 1. The second-order valence-corrected chi connectivity index (χ2v) is 7.88. The Morgan fingerprint density at radius 1 is 1.50 bits per heavy atom. The number of likely N-dealkylation sites (N-methyl/N-ethyl adjacent to an activating group) is 1. The molecule has 1 amide bonds. The number of amides is 1. The summed E-state index contributed by atoms with van der Waals surface area (Å²) in [6.07, 6.45) is 0.452.